The highest BCUT2D eigenvalue weighted by atomic mass is 127. The normalized spacial score (nSPS) is 12.9. The Morgan fingerprint density at radius 1 is 1.40 bits per heavy atom. The predicted octanol–water partition coefficient (Wildman–Crippen LogP) is 2.63. The minimum absolute atomic E-state index is 0.457. The minimum Gasteiger partial charge on any atom is -0.250 e. The van der Waals surface area contributed by atoms with Crippen LogP contribution in [0.3, 0.4) is 0 Å². The monoisotopic (exact) mass is 371 g/mol. The third-order valence-electron chi connectivity index (χ3n) is 1.41. The van der Waals surface area contributed by atoms with Crippen molar-refractivity contribution >= 4 is 42.3 Å². The van der Waals surface area contributed by atoms with Crippen molar-refractivity contribution in [1.29, 1.82) is 0 Å². The maximum Gasteiger partial charge on any atom is 0.420 e. The molecule has 0 aromatic carbocycles. The lowest BCUT2D eigenvalue weighted by Gasteiger charge is -2.11. The van der Waals surface area contributed by atoms with Gasteiger partial charge in [0.05, 0.1) is 4.90 Å². The van der Waals surface area contributed by atoms with E-state index in [4.69, 9.17) is 10.7 Å². The van der Waals surface area contributed by atoms with Gasteiger partial charge >= 0.3 is 6.18 Å². The minimum atomic E-state index is -4.80. The van der Waals surface area contributed by atoms with Gasteiger partial charge in [-0.25, -0.2) is 13.4 Å². The van der Waals surface area contributed by atoms with E-state index in [2.05, 4.69) is 4.98 Å². The second-order valence-electron chi connectivity index (χ2n) is 2.41. The number of hydrogen-bond acceptors (Lipinski definition) is 3. The van der Waals surface area contributed by atoms with Crippen molar-refractivity contribution in [2.24, 2.45) is 0 Å². The number of nitrogens with zero attached hydrogens (tertiary/aromatic N) is 1. The standard InChI is InChI=1S/C6H2ClF3INO2S/c7-15(13,14)3-1-2-12-5(11)4(3)6(8,9)10/h1-2H. The highest BCUT2D eigenvalue weighted by Gasteiger charge is 2.39. The van der Waals surface area contributed by atoms with Crippen molar-refractivity contribution in [1.82, 2.24) is 4.98 Å². The number of hydrogen-bond donors (Lipinski definition) is 0. The van der Waals surface area contributed by atoms with Crippen LogP contribution in [0.5, 0.6) is 0 Å². The van der Waals surface area contributed by atoms with E-state index in [1.807, 2.05) is 0 Å². The van der Waals surface area contributed by atoms with Gasteiger partial charge in [0.2, 0.25) is 0 Å². The van der Waals surface area contributed by atoms with Gasteiger partial charge in [0.15, 0.2) is 0 Å². The number of halogens is 5. The van der Waals surface area contributed by atoms with Crippen LogP contribution in [0.4, 0.5) is 13.2 Å². The summed E-state index contributed by atoms with van der Waals surface area (Å²) in [5.41, 5.74) is -1.33. The van der Waals surface area contributed by atoms with E-state index in [1.165, 1.54) is 22.6 Å². The molecule has 0 fully saturated rings. The Labute approximate surface area is 101 Å². The van der Waals surface area contributed by atoms with Crippen LogP contribution >= 0.6 is 33.3 Å². The van der Waals surface area contributed by atoms with Crippen molar-refractivity contribution < 1.29 is 21.6 Å². The van der Waals surface area contributed by atoms with Crippen molar-refractivity contribution in [3.8, 4) is 0 Å². The zero-order chi connectivity index (χ0) is 11.9. The number of rotatable bonds is 1. The SMILES string of the molecule is O=S(=O)(Cl)c1ccnc(I)c1C(F)(F)F. The highest BCUT2D eigenvalue weighted by molar-refractivity contribution is 14.1. The molecule has 0 aliphatic carbocycles. The summed E-state index contributed by atoms with van der Waals surface area (Å²) < 4.78 is 58.7. The largest absolute Gasteiger partial charge is 0.420 e. The Balaban J connectivity index is 3.63. The summed E-state index contributed by atoms with van der Waals surface area (Å²) in [6.45, 7) is 0. The lowest BCUT2D eigenvalue weighted by atomic mass is 10.3. The van der Waals surface area contributed by atoms with Gasteiger partial charge in [-0.2, -0.15) is 13.2 Å². The molecule has 0 aliphatic heterocycles. The second kappa shape index (κ2) is 4.06. The van der Waals surface area contributed by atoms with Crippen LogP contribution < -0.4 is 0 Å². The molecule has 0 saturated carbocycles. The topological polar surface area (TPSA) is 47.0 Å². The molecular weight excluding hydrogens is 369 g/mol. The Hall–Kier alpha value is -0.0900. The summed E-state index contributed by atoms with van der Waals surface area (Å²) in [5, 5.41) is 0. The van der Waals surface area contributed by atoms with Gasteiger partial charge in [0.25, 0.3) is 9.05 Å². The predicted molar refractivity (Wildman–Crippen MR) is 55.0 cm³/mol. The summed E-state index contributed by atoms with van der Waals surface area (Å²) in [7, 11) is 0.451. The van der Waals surface area contributed by atoms with E-state index in [0.29, 0.717) is 6.07 Å². The van der Waals surface area contributed by atoms with Crippen LogP contribution in [-0.4, -0.2) is 13.4 Å². The van der Waals surface area contributed by atoms with Gasteiger partial charge in [-0.1, -0.05) is 0 Å². The zero-order valence-electron chi connectivity index (χ0n) is 6.72. The molecule has 0 N–H and O–H groups in total. The first-order valence-electron chi connectivity index (χ1n) is 3.30. The molecule has 0 atom stereocenters. The van der Waals surface area contributed by atoms with Crippen LogP contribution in [-0.2, 0) is 15.2 Å². The van der Waals surface area contributed by atoms with Gasteiger partial charge < -0.3 is 0 Å². The van der Waals surface area contributed by atoms with Gasteiger partial charge in [-0.15, -0.1) is 0 Å². The van der Waals surface area contributed by atoms with Crippen LogP contribution in [0.1, 0.15) is 5.56 Å². The Morgan fingerprint density at radius 3 is 2.27 bits per heavy atom. The molecule has 1 rings (SSSR count). The Morgan fingerprint density at radius 2 is 1.93 bits per heavy atom. The summed E-state index contributed by atoms with van der Waals surface area (Å²) in [6.07, 6.45) is -3.85. The highest BCUT2D eigenvalue weighted by Crippen LogP contribution is 2.37. The first-order chi connectivity index (χ1) is 6.64. The smallest absolute Gasteiger partial charge is 0.250 e. The fourth-order valence-electron chi connectivity index (χ4n) is 0.880. The fourth-order valence-corrected chi connectivity index (χ4v) is 2.89. The lowest BCUT2D eigenvalue weighted by Crippen LogP contribution is -2.14. The Kier molecular flexibility index (Phi) is 3.51. The fraction of sp³-hybridized carbons (Fsp3) is 0.167. The molecule has 9 heteroatoms. The van der Waals surface area contributed by atoms with E-state index in [9.17, 15) is 21.6 Å². The molecule has 1 aromatic rings. The molecule has 0 radical (unpaired) electrons. The molecule has 1 heterocycles. The molecule has 84 valence electrons. The van der Waals surface area contributed by atoms with Gasteiger partial charge in [-0.05, 0) is 28.7 Å². The second-order valence-corrected chi connectivity index (χ2v) is 5.97. The van der Waals surface area contributed by atoms with Gasteiger partial charge in [-0.3, -0.25) is 0 Å². The van der Waals surface area contributed by atoms with Gasteiger partial charge in [0.1, 0.15) is 9.26 Å². The first kappa shape index (κ1) is 13.0. The molecular formula is C6H2ClF3INO2S. The third-order valence-corrected chi connectivity index (χ3v) is 3.59. The number of alkyl halides is 3. The van der Waals surface area contributed by atoms with Crippen molar-refractivity contribution in [2.45, 2.75) is 11.1 Å². The zero-order valence-corrected chi connectivity index (χ0v) is 10.4. The summed E-state index contributed by atoms with van der Waals surface area (Å²) in [6, 6.07) is 0.716. The molecule has 0 bridgehead atoms. The molecule has 15 heavy (non-hydrogen) atoms. The van der Waals surface area contributed by atoms with E-state index in [1.54, 1.807) is 0 Å². The molecule has 0 saturated heterocycles. The first-order valence-corrected chi connectivity index (χ1v) is 6.69. The molecule has 1 aromatic heterocycles. The van der Waals surface area contributed by atoms with Crippen molar-refractivity contribution in [3.05, 3.63) is 21.5 Å². The molecule has 0 amide bonds. The maximum absolute atomic E-state index is 12.5. The molecule has 0 unspecified atom stereocenters. The van der Waals surface area contributed by atoms with E-state index < -0.39 is 29.4 Å². The lowest BCUT2D eigenvalue weighted by molar-refractivity contribution is -0.140. The van der Waals surface area contributed by atoms with E-state index in [-0.39, 0.29) is 0 Å². The number of pyridine rings is 1. The molecule has 0 spiro atoms. The van der Waals surface area contributed by atoms with Crippen molar-refractivity contribution in [3.63, 3.8) is 0 Å². The number of aromatic nitrogens is 1. The van der Waals surface area contributed by atoms with Crippen LogP contribution in [0.2, 0.25) is 0 Å². The summed E-state index contributed by atoms with van der Waals surface area (Å²) in [5.74, 6) is 0. The van der Waals surface area contributed by atoms with Gasteiger partial charge in [0, 0.05) is 16.9 Å². The quantitative estimate of drug-likeness (QED) is 0.433. The summed E-state index contributed by atoms with van der Waals surface area (Å²) >= 11 is 1.30. The van der Waals surface area contributed by atoms with E-state index >= 15 is 0 Å². The average molecular weight is 372 g/mol. The average Bonchev–Trinajstić information content (AvgIpc) is 1.99. The van der Waals surface area contributed by atoms with E-state index in [0.717, 1.165) is 6.20 Å². The molecule has 0 aliphatic rings. The van der Waals surface area contributed by atoms with Crippen LogP contribution in [0, 0.1) is 3.70 Å². The third kappa shape index (κ3) is 2.94. The van der Waals surface area contributed by atoms with Crippen LogP contribution in [0.25, 0.3) is 0 Å². The maximum atomic E-state index is 12.5. The Bertz CT molecular complexity index is 488. The van der Waals surface area contributed by atoms with Crippen molar-refractivity contribution in [2.75, 3.05) is 0 Å². The van der Waals surface area contributed by atoms with Crippen LogP contribution in [0.15, 0.2) is 17.2 Å². The molecule has 3 nitrogen and oxygen atoms in total. The summed E-state index contributed by atoms with van der Waals surface area (Å²) in [4.78, 5) is 2.39.